The lowest BCUT2D eigenvalue weighted by Gasteiger charge is -1.80. The summed E-state index contributed by atoms with van der Waals surface area (Å²) < 4.78 is 0. The van der Waals surface area contributed by atoms with Crippen molar-refractivity contribution in [2.24, 2.45) is 9.98 Å². The zero-order valence-corrected chi connectivity index (χ0v) is 3.97. The Labute approximate surface area is 41.3 Å². The summed E-state index contributed by atoms with van der Waals surface area (Å²) in [4.78, 5) is 7.29. The molecule has 0 amide bonds. The minimum absolute atomic E-state index is 0.278. The molecule has 0 fully saturated rings. The molecule has 3 nitrogen and oxygen atoms in total. The number of amidine groups is 1. The predicted molar refractivity (Wildman–Crippen MR) is 29.3 cm³/mol. The molecule has 1 N–H and O–H groups in total. The van der Waals surface area contributed by atoms with Gasteiger partial charge in [-0.05, 0) is 6.92 Å². The molecule has 1 rings (SSSR count). The average molecular weight is 95.1 g/mol. The van der Waals surface area contributed by atoms with Gasteiger partial charge in [0.05, 0.1) is 5.71 Å². The third-order valence-corrected chi connectivity index (χ3v) is 0.781. The fourth-order valence-corrected chi connectivity index (χ4v) is 0.328. The molecule has 36 valence electrons. The van der Waals surface area contributed by atoms with E-state index >= 15 is 0 Å². The van der Waals surface area contributed by atoms with Crippen molar-refractivity contribution < 1.29 is 0 Å². The predicted octanol–water partition coefficient (Wildman–Crippen LogP) is 0.466. The van der Waals surface area contributed by atoms with E-state index in [1.807, 2.05) is 0 Å². The highest BCUT2D eigenvalue weighted by Gasteiger charge is 1.99. The van der Waals surface area contributed by atoms with Gasteiger partial charge in [0.2, 0.25) is 0 Å². The number of hydrogen-bond donors (Lipinski definition) is 1. The van der Waals surface area contributed by atoms with Crippen molar-refractivity contribution in [3.63, 3.8) is 0 Å². The summed E-state index contributed by atoms with van der Waals surface area (Å²) in [5.41, 5.74) is 0.694. The molecule has 0 saturated heterocycles. The fourth-order valence-electron chi connectivity index (χ4n) is 0.328. The van der Waals surface area contributed by atoms with Crippen molar-refractivity contribution in [2.45, 2.75) is 6.92 Å². The fraction of sp³-hybridized carbons (Fsp3) is 0.250. The van der Waals surface area contributed by atoms with Crippen LogP contribution in [-0.2, 0) is 0 Å². The molecule has 0 aromatic rings. The summed E-state index contributed by atoms with van der Waals surface area (Å²) in [6.07, 6.45) is 1.39. The Morgan fingerprint density at radius 2 is 2.43 bits per heavy atom. The van der Waals surface area contributed by atoms with Crippen molar-refractivity contribution in [3.8, 4) is 0 Å². The molecule has 1 aliphatic rings. The third kappa shape index (κ3) is 0.559. The Morgan fingerprint density at radius 1 is 1.71 bits per heavy atom. The first kappa shape index (κ1) is 4.18. The zero-order chi connectivity index (χ0) is 5.28. The summed E-state index contributed by atoms with van der Waals surface area (Å²) in [5, 5.41) is 6.93. The lowest BCUT2D eigenvalue weighted by Crippen LogP contribution is -1.98. The zero-order valence-electron chi connectivity index (χ0n) is 3.97. The van der Waals surface area contributed by atoms with Gasteiger partial charge in [0.15, 0.2) is 5.84 Å². The van der Waals surface area contributed by atoms with Crippen LogP contribution in [0.1, 0.15) is 6.92 Å². The van der Waals surface area contributed by atoms with Crippen LogP contribution in [0, 0.1) is 5.41 Å². The van der Waals surface area contributed by atoms with Gasteiger partial charge in [0.25, 0.3) is 0 Å². The van der Waals surface area contributed by atoms with E-state index in [4.69, 9.17) is 5.41 Å². The molecule has 1 heterocycles. The van der Waals surface area contributed by atoms with E-state index in [0.29, 0.717) is 5.71 Å². The highest BCUT2D eigenvalue weighted by Crippen LogP contribution is 1.88. The summed E-state index contributed by atoms with van der Waals surface area (Å²) in [5.74, 6) is 0.278. The lowest BCUT2D eigenvalue weighted by atomic mass is 10.4. The maximum atomic E-state index is 6.93. The normalized spacial score (nSPS) is 17.9. The first-order valence-corrected chi connectivity index (χ1v) is 1.96. The molecular weight excluding hydrogens is 90.1 g/mol. The standard InChI is InChI=1S/C4H5N3/c1-3-4(5)7-2-6-3/h2,5H,1H3. The van der Waals surface area contributed by atoms with Gasteiger partial charge in [-0.1, -0.05) is 0 Å². The summed E-state index contributed by atoms with van der Waals surface area (Å²) in [6.45, 7) is 1.76. The number of aliphatic imine (C=N–C) groups is 2. The first-order chi connectivity index (χ1) is 3.30. The van der Waals surface area contributed by atoms with Crippen LogP contribution in [-0.4, -0.2) is 17.9 Å². The number of hydrogen-bond acceptors (Lipinski definition) is 2. The topological polar surface area (TPSA) is 48.6 Å². The highest BCUT2D eigenvalue weighted by molar-refractivity contribution is 6.44. The highest BCUT2D eigenvalue weighted by atomic mass is 15.0. The summed E-state index contributed by atoms with van der Waals surface area (Å²) in [7, 11) is 0. The SMILES string of the molecule is CC1=NC=NC1=N. The molecule has 0 aliphatic carbocycles. The maximum absolute atomic E-state index is 6.93. The van der Waals surface area contributed by atoms with Gasteiger partial charge in [-0.15, -0.1) is 0 Å². The second kappa shape index (κ2) is 1.26. The van der Waals surface area contributed by atoms with Crippen LogP contribution in [0.2, 0.25) is 0 Å². The quantitative estimate of drug-likeness (QED) is 0.454. The van der Waals surface area contributed by atoms with Gasteiger partial charge in [-0.2, -0.15) is 0 Å². The Morgan fingerprint density at radius 3 is 2.57 bits per heavy atom. The Kier molecular flexibility index (Phi) is 0.749. The van der Waals surface area contributed by atoms with E-state index in [0.717, 1.165) is 0 Å². The van der Waals surface area contributed by atoms with Gasteiger partial charge in [-0.3, -0.25) is 5.41 Å². The molecule has 0 atom stereocenters. The first-order valence-electron chi connectivity index (χ1n) is 1.96. The minimum atomic E-state index is 0.278. The van der Waals surface area contributed by atoms with E-state index in [-0.39, 0.29) is 5.84 Å². The molecule has 0 aromatic heterocycles. The van der Waals surface area contributed by atoms with E-state index in [9.17, 15) is 0 Å². The van der Waals surface area contributed by atoms with Crippen LogP contribution >= 0.6 is 0 Å². The minimum Gasteiger partial charge on any atom is -0.281 e. The average Bonchev–Trinajstić information content (AvgIpc) is 1.91. The Balaban J connectivity index is 2.89. The Hall–Kier alpha value is -0.990. The van der Waals surface area contributed by atoms with Crippen molar-refractivity contribution >= 4 is 17.9 Å². The maximum Gasteiger partial charge on any atom is 0.167 e. The van der Waals surface area contributed by atoms with E-state index < -0.39 is 0 Å². The number of nitrogens with one attached hydrogen (secondary N) is 1. The molecule has 1 aliphatic heterocycles. The van der Waals surface area contributed by atoms with Gasteiger partial charge < -0.3 is 0 Å². The van der Waals surface area contributed by atoms with Gasteiger partial charge >= 0.3 is 0 Å². The molecule has 0 unspecified atom stereocenters. The second-order valence-corrected chi connectivity index (χ2v) is 1.31. The van der Waals surface area contributed by atoms with Crippen LogP contribution in [0.4, 0.5) is 0 Å². The summed E-state index contributed by atoms with van der Waals surface area (Å²) >= 11 is 0. The number of nitrogens with zero attached hydrogens (tertiary/aromatic N) is 2. The molecule has 0 bridgehead atoms. The molecule has 3 heteroatoms. The molecule has 0 saturated carbocycles. The molecule has 0 radical (unpaired) electrons. The number of rotatable bonds is 0. The monoisotopic (exact) mass is 95.0 g/mol. The van der Waals surface area contributed by atoms with Crippen molar-refractivity contribution in [3.05, 3.63) is 0 Å². The van der Waals surface area contributed by atoms with E-state index in [2.05, 4.69) is 9.98 Å². The van der Waals surface area contributed by atoms with Gasteiger partial charge in [0, 0.05) is 0 Å². The second-order valence-electron chi connectivity index (χ2n) is 1.31. The smallest absolute Gasteiger partial charge is 0.167 e. The lowest BCUT2D eigenvalue weighted by molar-refractivity contribution is 1.49. The Bertz CT molecular complexity index is 154. The largest absolute Gasteiger partial charge is 0.281 e. The van der Waals surface area contributed by atoms with Crippen LogP contribution < -0.4 is 0 Å². The summed E-state index contributed by atoms with van der Waals surface area (Å²) in [6, 6.07) is 0. The van der Waals surface area contributed by atoms with Crippen LogP contribution in [0.25, 0.3) is 0 Å². The van der Waals surface area contributed by atoms with Crippen LogP contribution in [0.5, 0.6) is 0 Å². The third-order valence-electron chi connectivity index (χ3n) is 0.781. The molecule has 0 aromatic carbocycles. The van der Waals surface area contributed by atoms with Crippen molar-refractivity contribution in [2.75, 3.05) is 0 Å². The van der Waals surface area contributed by atoms with Crippen molar-refractivity contribution in [1.29, 1.82) is 5.41 Å². The molecule has 0 spiro atoms. The molecule has 7 heavy (non-hydrogen) atoms. The van der Waals surface area contributed by atoms with Gasteiger partial charge in [0.1, 0.15) is 6.34 Å². The van der Waals surface area contributed by atoms with Gasteiger partial charge in [-0.25, -0.2) is 9.98 Å². The van der Waals surface area contributed by atoms with E-state index in [1.165, 1.54) is 6.34 Å². The van der Waals surface area contributed by atoms with E-state index in [1.54, 1.807) is 6.92 Å². The molecular formula is C4H5N3. The van der Waals surface area contributed by atoms with Crippen LogP contribution in [0.3, 0.4) is 0 Å². The van der Waals surface area contributed by atoms with Crippen LogP contribution in [0.15, 0.2) is 9.98 Å². The van der Waals surface area contributed by atoms with Crippen molar-refractivity contribution in [1.82, 2.24) is 0 Å².